The predicted molar refractivity (Wildman–Crippen MR) is 80.5 cm³/mol. The molecule has 14 heteroatoms. The summed E-state index contributed by atoms with van der Waals surface area (Å²) in [6.45, 7) is -0.547. The summed E-state index contributed by atoms with van der Waals surface area (Å²) >= 11 is 0. The van der Waals surface area contributed by atoms with E-state index in [0.29, 0.717) is 0 Å². The third-order valence-electron chi connectivity index (χ3n) is 3.65. The minimum atomic E-state index is -5.95. The minimum Gasteiger partial charge on any atom is -0.479 e. The smallest absolute Gasteiger partial charge is 0.471 e. The second-order valence-corrected chi connectivity index (χ2v) is 5.66. The number of halogens is 6. The number of nitrogens with zero attached hydrogens (tertiary/aromatic N) is 1. The number of amides is 2. The number of carboxylic acid groups (broad SMARTS) is 1. The fraction of sp³-hybridized carbons (Fsp3) is 0.714. The lowest BCUT2D eigenvalue weighted by Crippen LogP contribution is -2.68. The Morgan fingerprint density at radius 1 is 0.821 bits per heavy atom. The van der Waals surface area contributed by atoms with Gasteiger partial charge in [0.05, 0.1) is 0 Å². The maximum absolute atomic E-state index is 13.0. The highest BCUT2D eigenvalue weighted by Gasteiger charge is 2.66. The van der Waals surface area contributed by atoms with Crippen LogP contribution in [0.4, 0.5) is 26.3 Å². The zero-order valence-corrected chi connectivity index (χ0v) is 14.4. The summed E-state index contributed by atoms with van der Waals surface area (Å²) in [6.07, 6.45) is -15.1. The van der Waals surface area contributed by atoms with E-state index in [4.69, 9.17) is 11.5 Å². The van der Waals surface area contributed by atoms with Crippen molar-refractivity contribution in [3.05, 3.63) is 0 Å². The van der Waals surface area contributed by atoms with Crippen molar-refractivity contribution in [3.63, 3.8) is 0 Å². The Morgan fingerprint density at radius 3 is 1.68 bits per heavy atom. The Kier molecular flexibility index (Phi) is 9.04. The standard InChI is InChI=1S/C14H19F6N3O5/c15-13(16,17)9(25)12(11(27)28,5-3-7-22)23(10(26)14(18,19)20)8(24)4-1-2-6-21/h1-7,21-22H2,(H,27,28). The average molecular weight is 423 g/mol. The zero-order valence-electron chi connectivity index (χ0n) is 14.4. The Morgan fingerprint density at radius 2 is 1.32 bits per heavy atom. The number of aliphatic carboxylic acids is 1. The first kappa shape index (κ1) is 25.8. The van der Waals surface area contributed by atoms with Crippen LogP contribution in [0.5, 0.6) is 0 Å². The van der Waals surface area contributed by atoms with Crippen molar-refractivity contribution in [1.82, 2.24) is 4.90 Å². The van der Waals surface area contributed by atoms with Gasteiger partial charge in [0.25, 0.3) is 5.78 Å². The number of carbonyl (C=O) groups excluding carboxylic acids is 3. The van der Waals surface area contributed by atoms with Crippen molar-refractivity contribution in [2.24, 2.45) is 11.5 Å². The molecule has 0 heterocycles. The maximum Gasteiger partial charge on any atom is 0.471 e. The fourth-order valence-corrected chi connectivity index (χ4v) is 2.38. The van der Waals surface area contributed by atoms with Gasteiger partial charge >= 0.3 is 24.2 Å². The number of alkyl halides is 6. The van der Waals surface area contributed by atoms with Crippen LogP contribution in [0, 0.1) is 0 Å². The molecule has 0 saturated carbocycles. The molecule has 0 fully saturated rings. The van der Waals surface area contributed by atoms with Crippen LogP contribution in [0.1, 0.15) is 32.1 Å². The molecule has 0 spiro atoms. The van der Waals surface area contributed by atoms with Crippen LogP contribution in [0.3, 0.4) is 0 Å². The number of unbranched alkanes of at least 4 members (excludes halogenated alkanes) is 1. The third kappa shape index (κ3) is 5.89. The van der Waals surface area contributed by atoms with Gasteiger partial charge in [0.2, 0.25) is 11.4 Å². The van der Waals surface area contributed by atoms with Crippen LogP contribution < -0.4 is 11.5 Å². The van der Waals surface area contributed by atoms with Crippen LogP contribution in [0.2, 0.25) is 0 Å². The van der Waals surface area contributed by atoms with E-state index < -0.39 is 72.2 Å². The molecule has 162 valence electrons. The molecule has 5 N–H and O–H groups in total. The topological polar surface area (TPSA) is 144 Å². The van der Waals surface area contributed by atoms with Crippen molar-refractivity contribution in [1.29, 1.82) is 0 Å². The summed E-state index contributed by atoms with van der Waals surface area (Å²) in [7, 11) is 0. The molecule has 0 aliphatic rings. The van der Waals surface area contributed by atoms with Crippen molar-refractivity contribution in [2.45, 2.75) is 50.0 Å². The molecule has 28 heavy (non-hydrogen) atoms. The molecule has 0 saturated heterocycles. The predicted octanol–water partition coefficient (Wildman–Crippen LogP) is 0.727. The van der Waals surface area contributed by atoms with Gasteiger partial charge < -0.3 is 16.6 Å². The molecule has 0 aliphatic heterocycles. The van der Waals surface area contributed by atoms with Gasteiger partial charge in [0, 0.05) is 6.42 Å². The summed E-state index contributed by atoms with van der Waals surface area (Å²) in [4.78, 5) is 46.3. The number of ketones is 1. The highest BCUT2D eigenvalue weighted by molar-refractivity contribution is 6.17. The molecule has 0 aromatic rings. The SMILES string of the molecule is NCCCCC(=O)N(C(=O)C(F)(F)F)C(CCCN)(C(=O)O)C(=O)C(F)(F)F. The summed E-state index contributed by atoms with van der Waals surface area (Å²) in [5.74, 6) is -11.0. The van der Waals surface area contributed by atoms with Gasteiger partial charge in [0.1, 0.15) is 0 Å². The Bertz CT molecular complexity index is 607. The maximum atomic E-state index is 13.0. The summed E-state index contributed by atoms with van der Waals surface area (Å²) in [6, 6.07) is 0. The van der Waals surface area contributed by atoms with Crippen LogP contribution in [-0.2, 0) is 19.2 Å². The third-order valence-corrected chi connectivity index (χ3v) is 3.65. The lowest BCUT2D eigenvalue weighted by molar-refractivity contribution is -0.207. The Balaban J connectivity index is 6.64. The number of nitrogens with two attached hydrogens (primary N) is 2. The van der Waals surface area contributed by atoms with Crippen LogP contribution >= 0.6 is 0 Å². The van der Waals surface area contributed by atoms with Gasteiger partial charge in [-0.25, -0.2) is 9.69 Å². The van der Waals surface area contributed by atoms with Gasteiger partial charge in [0.15, 0.2) is 0 Å². The number of rotatable bonds is 10. The lowest BCUT2D eigenvalue weighted by atomic mass is 9.85. The van der Waals surface area contributed by atoms with Gasteiger partial charge in [-0.15, -0.1) is 0 Å². The van der Waals surface area contributed by atoms with E-state index in [1.54, 1.807) is 0 Å². The number of carboxylic acids is 1. The van der Waals surface area contributed by atoms with E-state index in [-0.39, 0.29) is 19.4 Å². The molecule has 8 nitrogen and oxygen atoms in total. The molecule has 0 rings (SSSR count). The fourth-order valence-electron chi connectivity index (χ4n) is 2.38. The van der Waals surface area contributed by atoms with Crippen LogP contribution in [0.25, 0.3) is 0 Å². The summed E-state index contributed by atoms with van der Waals surface area (Å²) in [5, 5.41) is 9.29. The molecule has 0 aromatic heterocycles. The average Bonchev–Trinajstić information content (AvgIpc) is 2.55. The second kappa shape index (κ2) is 9.82. The second-order valence-electron chi connectivity index (χ2n) is 5.66. The van der Waals surface area contributed by atoms with Crippen LogP contribution in [-0.4, -0.2) is 64.6 Å². The van der Waals surface area contributed by atoms with E-state index in [2.05, 4.69) is 0 Å². The molecule has 0 aromatic carbocycles. The van der Waals surface area contributed by atoms with Crippen molar-refractivity contribution in [2.75, 3.05) is 13.1 Å². The van der Waals surface area contributed by atoms with E-state index in [1.165, 1.54) is 0 Å². The monoisotopic (exact) mass is 423 g/mol. The van der Waals surface area contributed by atoms with Gasteiger partial charge in [-0.2, -0.15) is 26.3 Å². The lowest BCUT2D eigenvalue weighted by Gasteiger charge is -2.38. The number of imide groups is 1. The summed E-state index contributed by atoms with van der Waals surface area (Å²) in [5.41, 5.74) is 6.08. The normalized spacial score (nSPS) is 14.3. The molecule has 2 amide bonds. The molecule has 0 radical (unpaired) electrons. The largest absolute Gasteiger partial charge is 0.479 e. The Labute approximate surface area is 154 Å². The van der Waals surface area contributed by atoms with Gasteiger partial charge in [-0.1, -0.05) is 0 Å². The molecule has 1 atom stereocenters. The van der Waals surface area contributed by atoms with E-state index in [9.17, 15) is 50.6 Å². The Hall–Kier alpha value is -2.22. The molecule has 0 aliphatic carbocycles. The molecule has 0 bridgehead atoms. The van der Waals surface area contributed by atoms with Crippen molar-refractivity contribution >= 4 is 23.6 Å². The highest BCUT2D eigenvalue weighted by atomic mass is 19.4. The zero-order chi connectivity index (χ0) is 22.3. The number of hydrogen-bond acceptors (Lipinski definition) is 6. The van der Waals surface area contributed by atoms with Gasteiger partial charge in [-0.3, -0.25) is 14.4 Å². The molecular formula is C14H19F6N3O5. The van der Waals surface area contributed by atoms with E-state index in [1.807, 2.05) is 0 Å². The van der Waals surface area contributed by atoms with Crippen LogP contribution in [0.15, 0.2) is 0 Å². The minimum absolute atomic E-state index is 0.0285. The quantitative estimate of drug-likeness (QED) is 0.267. The number of carbonyl (C=O) groups is 4. The van der Waals surface area contributed by atoms with Crippen molar-refractivity contribution in [3.8, 4) is 0 Å². The van der Waals surface area contributed by atoms with Crippen molar-refractivity contribution < 1.29 is 50.6 Å². The first-order chi connectivity index (χ1) is 12.7. The van der Waals surface area contributed by atoms with Gasteiger partial charge in [-0.05, 0) is 38.8 Å². The van der Waals surface area contributed by atoms with E-state index >= 15 is 0 Å². The summed E-state index contributed by atoms with van der Waals surface area (Å²) < 4.78 is 77.9. The molecule has 1 unspecified atom stereocenters. The molecular weight excluding hydrogens is 404 g/mol. The number of Topliss-reactive ketones (excluding diaryl/α,β-unsaturated/α-hetero) is 1. The first-order valence-electron chi connectivity index (χ1n) is 7.87. The number of hydrogen-bond donors (Lipinski definition) is 3. The highest BCUT2D eigenvalue weighted by Crippen LogP contribution is 2.35. The first-order valence-corrected chi connectivity index (χ1v) is 7.87. The van der Waals surface area contributed by atoms with E-state index in [0.717, 1.165) is 0 Å².